The van der Waals surface area contributed by atoms with Crippen molar-refractivity contribution in [3.05, 3.63) is 54.0 Å². The Morgan fingerprint density at radius 2 is 1.79 bits per heavy atom. The third-order valence-corrected chi connectivity index (χ3v) is 3.19. The lowest BCUT2D eigenvalue weighted by Gasteiger charge is -1.98. The number of sulfone groups is 1. The molecule has 1 rings (SSSR count). The van der Waals surface area contributed by atoms with Gasteiger partial charge in [0.2, 0.25) is 0 Å². The summed E-state index contributed by atoms with van der Waals surface area (Å²) in [7, 11) is -3.29. The van der Waals surface area contributed by atoms with E-state index in [1.54, 1.807) is 24.3 Å². The molecule has 0 saturated carbocycles. The Hall–Kier alpha value is -1.35. The third-order valence-electron chi connectivity index (χ3n) is 1.74. The predicted molar refractivity (Wildman–Crippen MR) is 57.7 cm³/mol. The number of hydrogen-bond donors (Lipinski definition) is 0. The summed E-state index contributed by atoms with van der Waals surface area (Å²) in [6, 6.07) is 6.74. The van der Waals surface area contributed by atoms with Crippen LogP contribution in [0, 0.1) is 6.92 Å². The minimum Gasteiger partial charge on any atom is -0.219 e. The molecule has 0 radical (unpaired) electrons. The molecule has 74 valence electrons. The lowest BCUT2D eigenvalue weighted by Crippen LogP contribution is -1.95. The van der Waals surface area contributed by atoms with E-state index in [9.17, 15) is 8.42 Å². The zero-order valence-corrected chi connectivity index (χ0v) is 8.79. The number of aryl methyl sites for hydroxylation is 1. The molecular formula is C11H12O2S. The van der Waals surface area contributed by atoms with Crippen molar-refractivity contribution in [2.24, 2.45) is 0 Å². The molecule has 0 aromatic heterocycles. The van der Waals surface area contributed by atoms with Gasteiger partial charge in [0, 0.05) is 5.41 Å². The molecule has 0 N–H and O–H groups in total. The van der Waals surface area contributed by atoms with Gasteiger partial charge in [0.05, 0.1) is 4.90 Å². The summed E-state index contributed by atoms with van der Waals surface area (Å²) in [6.07, 6.45) is 2.85. The summed E-state index contributed by atoms with van der Waals surface area (Å²) in [5.41, 5.74) is 1.04. The van der Waals surface area contributed by atoms with Crippen molar-refractivity contribution in [2.75, 3.05) is 0 Å². The summed E-state index contributed by atoms with van der Waals surface area (Å²) in [5.74, 6) is 0. The van der Waals surface area contributed by atoms with Crippen LogP contribution < -0.4 is 0 Å². The summed E-state index contributed by atoms with van der Waals surface area (Å²) in [5, 5.41) is 1.14. The highest BCUT2D eigenvalue weighted by atomic mass is 32.2. The molecule has 2 nitrogen and oxygen atoms in total. The van der Waals surface area contributed by atoms with Crippen LogP contribution in [0.4, 0.5) is 0 Å². The Morgan fingerprint density at radius 3 is 2.29 bits per heavy atom. The van der Waals surface area contributed by atoms with Crippen molar-refractivity contribution in [3.63, 3.8) is 0 Å². The quantitative estimate of drug-likeness (QED) is 0.715. The molecule has 0 aliphatic carbocycles. The number of benzene rings is 1. The Bertz CT molecular complexity index is 439. The lowest BCUT2D eigenvalue weighted by molar-refractivity contribution is 0.604. The van der Waals surface area contributed by atoms with Gasteiger partial charge in [-0.1, -0.05) is 36.4 Å². The SMILES string of the molecule is C=C/C=C/S(=O)(=O)c1ccc(C)cc1. The van der Waals surface area contributed by atoms with Crippen LogP contribution in [-0.4, -0.2) is 8.42 Å². The highest BCUT2D eigenvalue weighted by Crippen LogP contribution is 2.12. The monoisotopic (exact) mass is 208 g/mol. The van der Waals surface area contributed by atoms with Gasteiger partial charge in [-0.15, -0.1) is 0 Å². The smallest absolute Gasteiger partial charge is 0.199 e. The van der Waals surface area contributed by atoms with E-state index in [-0.39, 0.29) is 0 Å². The maximum atomic E-state index is 11.6. The lowest BCUT2D eigenvalue weighted by atomic mass is 10.2. The largest absolute Gasteiger partial charge is 0.219 e. The molecule has 0 atom stereocenters. The van der Waals surface area contributed by atoms with Gasteiger partial charge in [0.25, 0.3) is 0 Å². The standard InChI is InChI=1S/C11H12O2S/c1-3-4-9-14(12,13)11-7-5-10(2)6-8-11/h3-9H,1H2,2H3/b9-4+. The molecule has 0 aliphatic rings. The first-order valence-electron chi connectivity index (χ1n) is 4.17. The van der Waals surface area contributed by atoms with Gasteiger partial charge >= 0.3 is 0 Å². The molecule has 0 saturated heterocycles. The second kappa shape index (κ2) is 4.24. The van der Waals surface area contributed by atoms with E-state index < -0.39 is 9.84 Å². The van der Waals surface area contributed by atoms with Crippen LogP contribution in [0.15, 0.2) is 53.3 Å². The minimum atomic E-state index is -3.29. The zero-order chi connectivity index (χ0) is 10.6. The van der Waals surface area contributed by atoms with Crippen LogP contribution in [0.5, 0.6) is 0 Å². The van der Waals surface area contributed by atoms with Crippen LogP contribution in [0.3, 0.4) is 0 Å². The summed E-state index contributed by atoms with van der Waals surface area (Å²) < 4.78 is 23.1. The predicted octanol–water partition coefficient (Wildman–Crippen LogP) is 2.47. The number of rotatable bonds is 3. The van der Waals surface area contributed by atoms with E-state index in [1.807, 2.05) is 6.92 Å². The fourth-order valence-electron chi connectivity index (χ4n) is 0.966. The highest BCUT2D eigenvalue weighted by Gasteiger charge is 2.08. The van der Waals surface area contributed by atoms with Gasteiger partial charge in [-0.3, -0.25) is 0 Å². The van der Waals surface area contributed by atoms with Crippen LogP contribution in [-0.2, 0) is 9.84 Å². The molecule has 0 fully saturated rings. The molecule has 0 unspecified atom stereocenters. The number of hydrogen-bond acceptors (Lipinski definition) is 2. The van der Waals surface area contributed by atoms with Crippen molar-refractivity contribution in [1.29, 1.82) is 0 Å². The Morgan fingerprint density at radius 1 is 1.21 bits per heavy atom. The first-order chi connectivity index (χ1) is 6.56. The second-order valence-electron chi connectivity index (χ2n) is 2.92. The first kappa shape index (κ1) is 10.7. The van der Waals surface area contributed by atoms with Gasteiger partial charge in [-0.2, -0.15) is 0 Å². The van der Waals surface area contributed by atoms with Crippen LogP contribution in [0.1, 0.15) is 5.56 Å². The van der Waals surface area contributed by atoms with E-state index in [0.717, 1.165) is 11.0 Å². The molecule has 0 bridgehead atoms. The van der Waals surface area contributed by atoms with E-state index >= 15 is 0 Å². The normalized spacial score (nSPS) is 11.8. The maximum Gasteiger partial charge on any atom is 0.199 e. The van der Waals surface area contributed by atoms with E-state index in [0.29, 0.717) is 4.90 Å². The zero-order valence-electron chi connectivity index (χ0n) is 7.97. The van der Waals surface area contributed by atoms with E-state index in [4.69, 9.17) is 0 Å². The van der Waals surface area contributed by atoms with Crippen LogP contribution in [0.2, 0.25) is 0 Å². The summed E-state index contributed by atoms with van der Waals surface area (Å²) in [6.45, 7) is 5.33. The fourth-order valence-corrected chi connectivity index (χ4v) is 1.96. The van der Waals surface area contributed by atoms with Gasteiger partial charge in [-0.05, 0) is 19.1 Å². The van der Waals surface area contributed by atoms with Crippen LogP contribution in [0.25, 0.3) is 0 Å². The molecule has 14 heavy (non-hydrogen) atoms. The van der Waals surface area contributed by atoms with Crippen molar-refractivity contribution in [1.82, 2.24) is 0 Å². The van der Waals surface area contributed by atoms with Gasteiger partial charge < -0.3 is 0 Å². The average Bonchev–Trinajstić information content (AvgIpc) is 2.16. The van der Waals surface area contributed by atoms with Gasteiger partial charge in [-0.25, -0.2) is 8.42 Å². The second-order valence-corrected chi connectivity index (χ2v) is 4.76. The number of allylic oxidation sites excluding steroid dienone is 2. The Balaban J connectivity index is 3.11. The minimum absolute atomic E-state index is 0.307. The highest BCUT2D eigenvalue weighted by molar-refractivity contribution is 7.94. The van der Waals surface area contributed by atoms with Crippen molar-refractivity contribution in [2.45, 2.75) is 11.8 Å². The van der Waals surface area contributed by atoms with Gasteiger partial charge in [0.15, 0.2) is 9.84 Å². The van der Waals surface area contributed by atoms with E-state index in [2.05, 4.69) is 6.58 Å². The first-order valence-corrected chi connectivity index (χ1v) is 5.72. The maximum absolute atomic E-state index is 11.6. The van der Waals surface area contributed by atoms with Crippen LogP contribution >= 0.6 is 0 Å². The van der Waals surface area contributed by atoms with Crippen molar-refractivity contribution >= 4 is 9.84 Å². The van der Waals surface area contributed by atoms with Crippen molar-refractivity contribution in [3.8, 4) is 0 Å². The van der Waals surface area contributed by atoms with Crippen molar-refractivity contribution < 1.29 is 8.42 Å². The summed E-state index contributed by atoms with van der Waals surface area (Å²) >= 11 is 0. The molecule has 0 aliphatic heterocycles. The Labute approximate surface area is 84.5 Å². The third kappa shape index (κ3) is 2.57. The fraction of sp³-hybridized carbons (Fsp3) is 0.0909. The Kier molecular flexibility index (Phi) is 3.25. The molecule has 0 amide bonds. The summed E-state index contributed by atoms with van der Waals surface area (Å²) in [4.78, 5) is 0.307. The molecule has 0 spiro atoms. The molecular weight excluding hydrogens is 196 g/mol. The van der Waals surface area contributed by atoms with Gasteiger partial charge in [0.1, 0.15) is 0 Å². The average molecular weight is 208 g/mol. The molecule has 1 aromatic carbocycles. The molecule has 1 aromatic rings. The topological polar surface area (TPSA) is 34.1 Å². The van der Waals surface area contributed by atoms with E-state index in [1.165, 1.54) is 12.2 Å². The molecule has 0 heterocycles. The molecule has 3 heteroatoms.